The third kappa shape index (κ3) is 7.52. The van der Waals surface area contributed by atoms with E-state index in [0.717, 1.165) is 6.41 Å². The number of aromatic carboxylic acids is 1. The van der Waals surface area contributed by atoms with E-state index in [4.69, 9.17) is 9.90 Å². The Hall–Kier alpha value is -0.840. The monoisotopic (exact) mass is 189 g/mol. The smallest absolute Gasteiger partial charge is 0.543 e. The molecule has 0 unspecified atom stereocenters. The van der Waals surface area contributed by atoms with Crippen molar-refractivity contribution >= 4 is 12.4 Å². The van der Waals surface area contributed by atoms with Crippen LogP contribution in [0.5, 0.6) is 0 Å². The van der Waals surface area contributed by atoms with Gasteiger partial charge in [0.2, 0.25) is 0 Å². The molecule has 0 atom stereocenters. The summed E-state index contributed by atoms with van der Waals surface area (Å²) in [7, 11) is 0. The van der Waals surface area contributed by atoms with Gasteiger partial charge < -0.3 is 15.6 Å². The van der Waals surface area contributed by atoms with E-state index < -0.39 is 5.97 Å². The van der Waals surface area contributed by atoms with Crippen LogP contribution in [0.2, 0.25) is 0 Å². The van der Waals surface area contributed by atoms with Crippen LogP contribution in [0.3, 0.4) is 0 Å². The number of primary amides is 1. The number of nitrogens with two attached hydrogens (primary N) is 1. The SMILES string of the molecule is N[C-]=O.O=C(O)c1ccccc1.[Na+]. The molecular weight excluding hydrogens is 181 g/mol. The number of carbonyl (C=O) groups excluding carboxylic acids is 1. The van der Waals surface area contributed by atoms with E-state index >= 15 is 0 Å². The molecule has 5 heteroatoms. The van der Waals surface area contributed by atoms with Crippen molar-refractivity contribution in [1.29, 1.82) is 0 Å². The Morgan fingerprint density at radius 2 is 1.69 bits per heavy atom. The quantitative estimate of drug-likeness (QED) is 0.289. The van der Waals surface area contributed by atoms with Crippen LogP contribution in [0.4, 0.5) is 0 Å². The van der Waals surface area contributed by atoms with Gasteiger partial charge in [-0.05, 0) is 12.1 Å². The zero-order valence-electron chi connectivity index (χ0n) is 7.23. The topological polar surface area (TPSA) is 80.4 Å². The van der Waals surface area contributed by atoms with Crippen molar-refractivity contribution in [3.8, 4) is 0 Å². The van der Waals surface area contributed by atoms with Gasteiger partial charge in [-0.2, -0.15) is 6.41 Å². The molecule has 0 fully saturated rings. The van der Waals surface area contributed by atoms with Gasteiger partial charge in [0.05, 0.1) is 5.56 Å². The van der Waals surface area contributed by atoms with Crippen LogP contribution in [-0.4, -0.2) is 17.5 Å². The number of benzene rings is 1. The summed E-state index contributed by atoms with van der Waals surface area (Å²) >= 11 is 0. The van der Waals surface area contributed by atoms with Crippen LogP contribution in [0.25, 0.3) is 0 Å². The molecule has 64 valence electrons. The normalized spacial score (nSPS) is 7.08. The number of hydrogen-bond donors (Lipinski definition) is 2. The summed E-state index contributed by atoms with van der Waals surface area (Å²) in [6.45, 7) is 0. The van der Waals surface area contributed by atoms with Gasteiger partial charge >= 0.3 is 35.5 Å². The van der Waals surface area contributed by atoms with Gasteiger partial charge in [0, 0.05) is 0 Å². The number of amides is 1. The van der Waals surface area contributed by atoms with E-state index in [1.807, 2.05) is 0 Å². The molecule has 1 amide bonds. The molecule has 1 aromatic carbocycles. The first-order valence-corrected chi connectivity index (χ1v) is 3.08. The van der Waals surface area contributed by atoms with Gasteiger partial charge in [0.1, 0.15) is 0 Å². The van der Waals surface area contributed by atoms with Crippen molar-refractivity contribution in [3.05, 3.63) is 35.9 Å². The molecular formula is C8H8NNaO3. The first kappa shape index (κ1) is 14.7. The summed E-state index contributed by atoms with van der Waals surface area (Å²) < 4.78 is 0. The van der Waals surface area contributed by atoms with E-state index in [9.17, 15) is 4.79 Å². The zero-order valence-corrected chi connectivity index (χ0v) is 9.23. The molecule has 0 aliphatic heterocycles. The van der Waals surface area contributed by atoms with Crippen LogP contribution < -0.4 is 35.3 Å². The van der Waals surface area contributed by atoms with Crippen molar-refractivity contribution in [1.82, 2.24) is 0 Å². The van der Waals surface area contributed by atoms with Gasteiger partial charge in [0.15, 0.2) is 0 Å². The molecule has 0 radical (unpaired) electrons. The van der Waals surface area contributed by atoms with Crippen molar-refractivity contribution in [2.45, 2.75) is 0 Å². The van der Waals surface area contributed by atoms with Crippen LogP contribution in [-0.2, 0) is 4.79 Å². The Labute approximate surface area is 98.0 Å². The molecule has 0 heterocycles. The molecule has 1 rings (SSSR count). The maximum Gasteiger partial charge on any atom is 1.00 e. The van der Waals surface area contributed by atoms with Crippen molar-refractivity contribution in [2.75, 3.05) is 0 Å². The summed E-state index contributed by atoms with van der Waals surface area (Å²) in [4.78, 5) is 18.7. The Morgan fingerprint density at radius 3 is 1.92 bits per heavy atom. The van der Waals surface area contributed by atoms with E-state index in [1.165, 1.54) is 0 Å². The van der Waals surface area contributed by atoms with Gasteiger partial charge in [0.25, 0.3) is 0 Å². The van der Waals surface area contributed by atoms with Crippen LogP contribution in [0.15, 0.2) is 30.3 Å². The molecule has 3 N–H and O–H groups in total. The molecule has 0 aliphatic carbocycles. The third-order valence-corrected chi connectivity index (χ3v) is 1.02. The van der Waals surface area contributed by atoms with Crippen molar-refractivity contribution in [3.63, 3.8) is 0 Å². The second-order valence-corrected chi connectivity index (χ2v) is 1.79. The molecule has 13 heavy (non-hydrogen) atoms. The van der Waals surface area contributed by atoms with E-state index in [1.54, 1.807) is 30.3 Å². The standard InChI is InChI=1S/C7H6O2.CH2NO.Na/c8-7(9)6-4-2-1-3-5-6;2-1-3;/h1-5H,(H,8,9);(H2,2,3);/q;-1;+1. The number of carboxylic acids is 1. The maximum absolute atomic E-state index is 10.2. The largest absolute Gasteiger partial charge is 1.00 e. The molecule has 0 aromatic heterocycles. The number of carboxylic acid groups (broad SMARTS) is 1. The fourth-order valence-electron chi connectivity index (χ4n) is 0.581. The first-order chi connectivity index (χ1) is 5.72. The van der Waals surface area contributed by atoms with Crippen LogP contribution >= 0.6 is 0 Å². The first-order valence-electron chi connectivity index (χ1n) is 3.08. The summed E-state index contributed by atoms with van der Waals surface area (Å²) in [5, 5.41) is 8.38. The molecule has 0 spiro atoms. The predicted molar refractivity (Wildman–Crippen MR) is 43.3 cm³/mol. The molecule has 0 bridgehead atoms. The number of carbonyl (C=O) groups is 1. The minimum Gasteiger partial charge on any atom is -0.543 e. The fourth-order valence-corrected chi connectivity index (χ4v) is 0.581. The summed E-state index contributed by atoms with van der Waals surface area (Å²) in [6.07, 6.45) is 1.00. The average Bonchev–Trinajstić information content (AvgIpc) is 2.07. The van der Waals surface area contributed by atoms with E-state index in [2.05, 4.69) is 5.73 Å². The second kappa shape index (κ2) is 9.25. The average molecular weight is 189 g/mol. The summed E-state index contributed by atoms with van der Waals surface area (Å²) in [5.74, 6) is -0.879. The minimum absolute atomic E-state index is 0. The Morgan fingerprint density at radius 1 is 1.31 bits per heavy atom. The van der Waals surface area contributed by atoms with E-state index in [-0.39, 0.29) is 29.6 Å². The molecule has 0 aliphatic rings. The number of rotatable bonds is 1. The summed E-state index contributed by atoms with van der Waals surface area (Å²) in [6, 6.07) is 8.30. The van der Waals surface area contributed by atoms with Crippen LogP contribution in [0.1, 0.15) is 10.4 Å². The second-order valence-electron chi connectivity index (χ2n) is 1.79. The van der Waals surface area contributed by atoms with E-state index in [0.29, 0.717) is 5.56 Å². The minimum atomic E-state index is -0.879. The van der Waals surface area contributed by atoms with Gasteiger partial charge in [-0.15, -0.1) is 0 Å². The van der Waals surface area contributed by atoms with Crippen LogP contribution in [0, 0.1) is 0 Å². The van der Waals surface area contributed by atoms with Crippen molar-refractivity contribution < 1.29 is 44.3 Å². The Kier molecular flexibility index (Phi) is 10.4. The molecule has 4 nitrogen and oxygen atoms in total. The maximum atomic E-state index is 10.2. The fraction of sp³-hybridized carbons (Fsp3) is 0. The molecule has 1 aromatic rings. The van der Waals surface area contributed by atoms with Gasteiger partial charge in [-0.3, -0.25) is 0 Å². The van der Waals surface area contributed by atoms with Gasteiger partial charge in [-0.1, -0.05) is 18.2 Å². The Balaban J connectivity index is 0. The van der Waals surface area contributed by atoms with Crippen molar-refractivity contribution in [2.24, 2.45) is 5.73 Å². The summed E-state index contributed by atoms with van der Waals surface area (Å²) in [5.41, 5.74) is 4.37. The number of hydrogen-bond acceptors (Lipinski definition) is 2. The third-order valence-electron chi connectivity index (χ3n) is 1.02. The Bertz CT molecular complexity index is 251. The van der Waals surface area contributed by atoms with Gasteiger partial charge in [-0.25, -0.2) is 4.79 Å². The zero-order chi connectivity index (χ0) is 9.40. The molecule has 0 saturated heterocycles. The molecule has 0 saturated carbocycles. The predicted octanol–water partition coefficient (Wildman–Crippen LogP) is -2.60.